The van der Waals surface area contributed by atoms with E-state index in [0.29, 0.717) is 12.2 Å². The highest BCUT2D eigenvalue weighted by Gasteiger charge is 2.12. The van der Waals surface area contributed by atoms with Gasteiger partial charge in [-0.2, -0.15) is 10.2 Å². The highest BCUT2D eigenvalue weighted by molar-refractivity contribution is 6.30. The second kappa shape index (κ2) is 10.7. The van der Waals surface area contributed by atoms with Crippen molar-refractivity contribution in [2.45, 2.75) is 38.6 Å². The van der Waals surface area contributed by atoms with Crippen LogP contribution in [0.25, 0.3) is 0 Å². The fourth-order valence-corrected chi connectivity index (χ4v) is 3.19. The number of nitrogens with one attached hydrogen (secondary N) is 1. The van der Waals surface area contributed by atoms with Crippen LogP contribution in [0.2, 0.25) is 5.02 Å². The van der Waals surface area contributed by atoms with Crippen molar-refractivity contribution in [2.75, 3.05) is 7.05 Å². The molecule has 8 nitrogen and oxygen atoms in total. The summed E-state index contributed by atoms with van der Waals surface area (Å²) in [5, 5.41) is 18.5. The smallest absolute Gasteiger partial charge is 0.273 e. The van der Waals surface area contributed by atoms with Crippen LogP contribution in [0.5, 0.6) is 0 Å². The van der Waals surface area contributed by atoms with E-state index in [1.165, 1.54) is 6.07 Å². The van der Waals surface area contributed by atoms with E-state index in [1.54, 1.807) is 36.1 Å². The Morgan fingerprint density at radius 3 is 2.58 bits per heavy atom. The lowest BCUT2D eigenvalue weighted by atomic mass is 10.0. The molecule has 31 heavy (non-hydrogen) atoms. The Hall–Kier alpha value is -3.20. The van der Waals surface area contributed by atoms with Gasteiger partial charge in [0.15, 0.2) is 5.69 Å². The van der Waals surface area contributed by atoms with Crippen LogP contribution in [0, 0.1) is 5.82 Å². The maximum Gasteiger partial charge on any atom is 0.273 e. The Morgan fingerprint density at radius 1 is 1.06 bits per heavy atom. The van der Waals surface area contributed by atoms with Crippen molar-refractivity contribution >= 4 is 23.3 Å². The first-order chi connectivity index (χ1) is 15.0. The quantitative estimate of drug-likeness (QED) is 0.482. The number of unbranched alkanes of at least 4 members (excludes halogenated alkanes) is 1. The molecule has 162 valence electrons. The van der Waals surface area contributed by atoms with Gasteiger partial charge in [-0.1, -0.05) is 28.9 Å². The first-order valence-corrected chi connectivity index (χ1v) is 10.2. The molecule has 0 unspecified atom stereocenters. The summed E-state index contributed by atoms with van der Waals surface area (Å²) in [4.78, 5) is 23.7. The van der Waals surface area contributed by atoms with Crippen molar-refractivity contribution in [1.29, 1.82) is 0 Å². The molecule has 1 amide bonds. The van der Waals surface area contributed by atoms with Gasteiger partial charge < -0.3 is 5.32 Å². The number of ketones is 1. The zero-order chi connectivity index (χ0) is 22.2. The molecule has 0 saturated heterocycles. The second-order valence-electron chi connectivity index (χ2n) is 7.02. The molecule has 1 aromatic carbocycles. The Kier molecular flexibility index (Phi) is 7.77. The Labute approximate surface area is 183 Å². The van der Waals surface area contributed by atoms with Gasteiger partial charge in [-0.15, -0.1) is 5.10 Å². The van der Waals surface area contributed by atoms with Gasteiger partial charge in [0.1, 0.15) is 11.6 Å². The number of carbonyl (C=O) groups is 2. The zero-order valence-electron chi connectivity index (χ0n) is 17.0. The summed E-state index contributed by atoms with van der Waals surface area (Å²) in [5.74, 6) is -0.986. The molecule has 0 radical (unpaired) electrons. The van der Waals surface area contributed by atoms with Crippen molar-refractivity contribution in [3.05, 3.63) is 70.0 Å². The van der Waals surface area contributed by atoms with Crippen LogP contribution in [-0.4, -0.2) is 43.9 Å². The van der Waals surface area contributed by atoms with Gasteiger partial charge in [0.2, 0.25) is 0 Å². The van der Waals surface area contributed by atoms with Crippen LogP contribution in [0.15, 0.2) is 36.5 Å². The number of hydrogen-bond donors (Lipinski definition) is 1. The Morgan fingerprint density at radius 2 is 1.84 bits per heavy atom. The monoisotopic (exact) mass is 444 g/mol. The molecule has 0 atom stereocenters. The molecule has 0 aliphatic rings. The molecule has 0 bridgehead atoms. The van der Waals surface area contributed by atoms with Crippen molar-refractivity contribution in [3.63, 3.8) is 0 Å². The summed E-state index contributed by atoms with van der Waals surface area (Å²) in [6.07, 6.45) is 4.07. The van der Waals surface area contributed by atoms with Gasteiger partial charge in [-0.05, 0) is 43.0 Å². The standard InChI is InChI=1S/C21H22ClFN6O2/c1-24-21(31)19-13-29(28-27-19)10-3-2-6-15-8-9-16(26-25-15)12-17(30)11-14-5-4-7-18(22)20(14)23/h4-5,7-9,13H,2-3,6,10-12H2,1H3,(H,24,31). The number of nitrogens with zero attached hydrogens (tertiary/aromatic N) is 5. The summed E-state index contributed by atoms with van der Waals surface area (Å²) in [7, 11) is 1.54. The molecule has 2 heterocycles. The zero-order valence-corrected chi connectivity index (χ0v) is 17.8. The summed E-state index contributed by atoms with van der Waals surface area (Å²) in [6, 6.07) is 8.22. The normalized spacial score (nSPS) is 10.8. The summed E-state index contributed by atoms with van der Waals surface area (Å²) in [6.45, 7) is 0.643. The van der Waals surface area contributed by atoms with Crippen molar-refractivity contribution in [3.8, 4) is 0 Å². The summed E-state index contributed by atoms with van der Waals surface area (Å²) in [5.41, 5.74) is 1.93. The number of rotatable bonds is 10. The lowest BCUT2D eigenvalue weighted by Gasteiger charge is -2.05. The van der Waals surface area contributed by atoms with Gasteiger partial charge in [-0.25, -0.2) is 4.39 Å². The van der Waals surface area contributed by atoms with Crippen molar-refractivity contribution < 1.29 is 14.0 Å². The van der Waals surface area contributed by atoms with E-state index >= 15 is 0 Å². The minimum absolute atomic E-state index is 0.00478. The maximum absolute atomic E-state index is 13.9. The largest absolute Gasteiger partial charge is 0.354 e. The Balaban J connectivity index is 1.42. The third kappa shape index (κ3) is 6.39. The molecule has 3 rings (SSSR count). The van der Waals surface area contributed by atoms with Gasteiger partial charge in [-0.3, -0.25) is 14.3 Å². The first-order valence-electron chi connectivity index (χ1n) is 9.84. The number of amides is 1. The third-order valence-electron chi connectivity index (χ3n) is 4.64. The van der Waals surface area contributed by atoms with Crippen LogP contribution >= 0.6 is 11.6 Å². The molecule has 0 fully saturated rings. The van der Waals surface area contributed by atoms with Gasteiger partial charge in [0.05, 0.1) is 29.0 Å². The van der Waals surface area contributed by atoms with E-state index in [2.05, 4.69) is 25.8 Å². The molecule has 0 aliphatic carbocycles. The summed E-state index contributed by atoms with van der Waals surface area (Å²) < 4.78 is 15.6. The maximum atomic E-state index is 13.9. The summed E-state index contributed by atoms with van der Waals surface area (Å²) >= 11 is 5.75. The SMILES string of the molecule is CNC(=O)c1cn(CCCCc2ccc(CC(=O)Cc3cccc(Cl)c3F)nn2)nn1. The number of benzene rings is 1. The number of aromatic nitrogens is 5. The highest BCUT2D eigenvalue weighted by Crippen LogP contribution is 2.18. The van der Waals surface area contributed by atoms with Crippen LogP contribution in [0.1, 0.15) is 40.3 Å². The Bertz CT molecular complexity index is 1050. The number of aryl methyl sites for hydroxylation is 2. The second-order valence-corrected chi connectivity index (χ2v) is 7.43. The number of carbonyl (C=O) groups excluding carboxylic acids is 2. The number of halogens is 2. The molecule has 0 saturated carbocycles. The average molecular weight is 445 g/mol. The lowest BCUT2D eigenvalue weighted by molar-refractivity contribution is -0.117. The average Bonchev–Trinajstić information content (AvgIpc) is 3.24. The van der Waals surface area contributed by atoms with Gasteiger partial charge >= 0.3 is 0 Å². The number of hydrogen-bond acceptors (Lipinski definition) is 6. The molecule has 0 spiro atoms. The van der Waals surface area contributed by atoms with E-state index in [0.717, 1.165) is 25.0 Å². The molecule has 1 N–H and O–H groups in total. The van der Waals surface area contributed by atoms with E-state index in [4.69, 9.17) is 11.6 Å². The van der Waals surface area contributed by atoms with Crippen molar-refractivity contribution in [2.24, 2.45) is 0 Å². The van der Waals surface area contributed by atoms with E-state index in [9.17, 15) is 14.0 Å². The first kappa shape index (κ1) is 22.5. The fourth-order valence-electron chi connectivity index (χ4n) is 3.00. The third-order valence-corrected chi connectivity index (χ3v) is 4.93. The molecule has 10 heteroatoms. The van der Waals surface area contributed by atoms with Crippen LogP contribution in [0.3, 0.4) is 0 Å². The van der Waals surface area contributed by atoms with Gasteiger partial charge in [0.25, 0.3) is 5.91 Å². The molecule has 0 aliphatic heterocycles. The van der Waals surface area contributed by atoms with Crippen LogP contribution in [-0.2, 0) is 30.6 Å². The predicted octanol–water partition coefficient (Wildman–Crippen LogP) is 2.60. The van der Waals surface area contributed by atoms with E-state index < -0.39 is 5.82 Å². The molecular formula is C21H22ClFN6O2. The predicted molar refractivity (Wildman–Crippen MR) is 112 cm³/mol. The molecule has 3 aromatic rings. The van der Waals surface area contributed by atoms with Gasteiger partial charge in [0, 0.05) is 20.0 Å². The minimum atomic E-state index is -0.560. The number of Topliss-reactive ketones (excluding diaryl/α,β-unsaturated/α-hetero) is 1. The van der Waals surface area contributed by atoms with E-state index in [-0.39, 0.29) is 40.8 Å². The minimum Gasteiger partial charge on any atom is -0.354 e. The van der Waals surface area contributed by atoms with Crippen molar-refractivity contribution in [1.82, 2.24) is 30.5 Å². The molecule has 2 aromatic heterocycles. The van der Waals surface area contributed by atoms with Crippen LogP contribution < -0.4 is 5.32 Å². The lowest BCUT2D eigenvalue weighted by Crippen LogP contribution is -2.18. The highest BCUT2D eigenvalue weighted by atomic mass is 35.5. The van der Waals surface area contributed by atoms with E-state index in [1.807, 2.05) is 6.07 Å². The van der Waals surface area contributed by atoms with Crippen LogP contribution in [0.4, 0.5) is 4.39 Å². The fraction of sp³-hybridized carbons (Fsp3) is 0.333. The molecular weight excluding hydrogens is 423 g/mol. The topological polar surface area (TPSA) is 103 Å².